The second-order valence-electron chi connectivity index (χ2n) is 5.58. The molecule has 8 heteroatoms. The fraction of sp³-hybridized carbons (Fsp3) is 0.211. The van der Waals surface area contributed by atoms with E-state index in [1.807, 2.05) is 31.2 Å². The number of rotatable bonds is 7. The number of nitrogens with zero attached hydrogens (tertiary/aromatic N) is 2. The fourth-order valence-corrected chi connectivity index (χ4v) is 3.26. The van der Waals surface area contributed by atoms with Crippen molar-refractivity contribution in [2.45, 2.75) is 19.4 Å². The molecular formula is C19H18ClN3O3S. The van der Waals surface area contributed by atoms with Crippen molar-refractivity contribution in [3.63, 3.8) is 0 Å². The minimum absolute atomic E-state index is 0.296. The molecule has 0 aliphatic rings. The summed E-state index contributed by atoms with van der Waals surface area (Å²) in [5.74, 6) is 0.937. The van der Waals surface area contributed by atoms with Crippen LogP contribution in [0.1, 0.15) is 13.3 Å². The van der Waals surface area contributed by atoms with Crippen LogP contribution in [0, 0.1) is 0 Å². The maximum Gasteiger partial charge on any atom is 0.267 e. The normalized spacial score (nSPS) is 11.7. The summed E-state index contributed by atoms with van der Waals surface area (Å²) >= 11 is 7.39. The fourth-order valence-electron chi connectivity index (χ4n) is 2.33. The summed E-state index contributed by atoms with van der Waals surface area (Å²) in [6.45, 7) is 1.87. The van der Waals surface area contributed by atoms with Gasteiger partial charge >= 0.3 is 0 Å². The Hall–Kier alpha value is -2.64. The topological polar surface area (TPSA) is 73.3 Å². The van der Waals surface area contributed by atoms with Gasteiger partial charge in [0, 0.05) is 5.56 Å². The first-order chi connectivity index (χ1) is 13.1. The smallest absolute Gasteiger partial charge is 0.267 e. The number of benzene rings is 2. The number of amides is 1. The van der Waals surface area contributed by atoms with Gasteiger partial charge in [-0.1, -0.05) is 42.0 Å². The second-order valence-corrected chi connectivity index (χ2v) is 6.96. The molecule has 27 heavy (non-hydrogen) atoms. The van der Waals surface area contributed by atoms with E-state index in [2.05, 4.69) is 15.5 Å². The Kier molecular flexibility index (Phi) is 6.26. The van der Waals surface area contributed by atoms with Gasteiger partial charge in [-0.15, -0.1) is 10.2 Å². The number of methoxy groups -OCH3 is 1. The Bertz CT molecular complexity index is 915. The molecular weight excluding hydrogens is 386 g/mol. The Morgan fingerprint density at radius 2 is 1.93 bits per heavy atom. The highest BCUT2D eigenvalue weighted by atomic mass is 35.5. The predicted molar refractivity (Wildman–Crippen MR) is 107 cm³/mol. The maximum atomic E-state index is 12.5. The van der Waals surface area contributed by atoms with Crippen LogP contribution >= 0.6 is 22.9 Å². The number of halogens is 1. The van der Waals surface area contributed by atoms with Crippen LogP contribution in [0.15, 0.2) is 48.5 Å². The van der Waals surface area contributed by atoms with Gasteiger partial charge in [-0.25, -0.2) is 0 Å². The molecule has 0 saturated carbocycles. The summed E-state index contributed by atoms with van der Waals surface area (Å²) in [5.41, 5.74) is 0.896. The molecule has 0 saturated heterocycles. The van der Waals surface area contributed by atoms with Crippen molar-refractivity contribution in [2.24, 2.45) is 0 Å². The van der Waals surface area contributed by atoms with Gasteiger partial charge < -0.3 is 9.47 Å². The van der Waals surface area contributed by atoms with Gasteiger partial charge in [0.05, 0.1) is 12.1 Å². The number of hydrogen-bond donors (Lipinski definition) is 1. The van der Waals surface area contributed by atoms with Crippen molar-refractivity contribution in [1.82, 2.24) is 10.2 Å². The number of para-hydroxylation sites is 1. The van der Waals surface area contributed by atoms with E-state index in [-0.39, 0.29) is 5.91 Å². The molecule has 0 bridgehead atoms. The summed E-state index contributed by atoms with van der Waals surface area (Å²) in [4.78, 5) is 12.5. The Balaban J connectivity index is 1.67. The van der Waals surface area contributed by atoms with E-state index in [4.69, 9.17) is 21.1 Å². The van der Waals surface area contributed by atoms with Crippen molar-refractivity contribution < 1.29 is 14.3 Å². The van der Waals surface area contributed by atoms with E-state index in [0.717, 1.165) is 11.3 Å². The highest BCUT2D eigenvalue weighted by Gasteiger charge is 2.21. The predicted octanol–water partition coefficient (Wildman–Crippen LogP) is 4.66. The first-order valence-electron chi connectivity index (χ1n) is 8.30. The summed E-state index contributed by atoms with van der Waals surface area (Å²) in [6.07, 6.45) is -0.195. The third-order valence-corrected chi connectivity index (χ3v) is 4.96. The maximum absolute atomic E-state index is 12.5. The highest BCUT2D eigenvalue weighted by molar-refractivity contribution is 7.18. The number of carbonyl (C=O) groups is 1. The first-order valence-corrected chi connectivity index (χ1v) is 9.50. The SMILES string of the molecule is CCC(Oc1ccccc1Cl)C(=O)Nc1nnc(-c2ccc(OC)cc2)s1. The molecule has 3 rings (SSSR count). The van der Waals surface area contributed by atoms with Crippen LogP contribution in [0.2, 0.25) is 5.02 Å². The lowest BCUT2D eigenvalue weighted by molar-refractivity contribution is -0.122. The number of ether oxygens (including phenoxy) is 2. The summed E-state index contributed by atoms with van der Waals surface area (Å²) in [5, 5.41) is 12.5. The quantitative estimate of drug-likeness (QED) is 0.620. The second kappa shape index (κ2) is 8.83. The van der Waals surface area contributed by atoms with E-state index in [9.17, 15) is 4.79 Å². The molecule has 1 aromatic heterocycles. The monoisotopic (exact) mass is 403 g/mol. The Morgan fingerprint density at radius 1 is 1.19 bits per heavy atom. The third kappa shape index (κ3) is 4.75. The zero-order valence-corrected chi connectivity index (χ0v) is 16.4. The summed E-state index contributed by atoms with van der Waals surface area (Å²) < 4.78 is 10.9. The van der Waals surface area contributed by atoms with Crippen LogP contribution in [-0.2, 0) is 4.79 Å². The molecule has 140 valence electrons. The zero-order valence-electron chi connectivity index (χ0n) is 14.8. The average molecular weight is 404 g/mol. The molecule has 2 aromatic carbocycles. The van der Waals surface area contributed by atoms with Crippen LogP contribution in [0.25, 0.3) is 10.6 Å². The van der Waals surface area contributed by atoms with Crippen molar-refractivity contribution in [3.8, 4) is 22.1 Å². The molecule has 6 nitrogen and oxygen atoms in total. The lowest BCUT2D eigenvalue weighted by atomic mass is 10.2. The average Bonchev–Trinajstić information content (AvgIpc) is 3.15. The molecule has 0 aliphatic heterocycles. The van der Waals surface area contributed by atoms with Gasteiger partial charge in [0.25, 0.3) is 5.91 Å². The molecule has 3 aromatic rings. The first kappa shape index (κ1) is 19.1. The standard InChI is InChI=1S/C19H18ClN3O3S/c1-3-15(26-16-7-5-4-6-14(16)20)17(24)21-19-23-22-18(27-19)12-8-10-13(25-2)11-9-12/h4-11,15H,3H2,1-2H3,(H,21,23,24). The van der Waals surface area contributed by atoms with E-state index in [1.54, 1.807) is 31.4 Å². The molecule has 1 atom stereocenters. The number of nitrogens with one attached hydrogen (secondary N) is 1. The van der Waals surface area contributed by atoms with Crippen LogP contribution in [0.3, 0.4) is 0 Å². The minimum Gasteiger partial charge on any atom is -0.497 e. The van der Waals surface area contributed by atoms with Gasteiger partial charge in [-0.05, 0) is 42.8 Å². The van der Waals surface area contributed by atoms with Gasteiger partial charge in [-0.3, -0.25) is 10.1 Å². The number of aromatic nitrogens is 2. The Morgan fingerprint density at radius 3 is 2.59 bits per heavy atom. The van der Waals surface area contributed by atoms with E-state index in [0.29, 0.717) is 27.3 Å². The van der Waals surface area contributed by atoms with Gasteiger partial charge in [-0.2, -0.15) is 0 Å². The van der Waals surface area contributed by atoms with Crippen LogP contribution in [0.5, 0.6) is 11.5 Å². The van der Waals surface area contributed by atoms with Gasteiger partial charge in [0.1, 0.15) is 16.5 Å². The molecule has 1 unspecified atom stereocenters. The van der Waals surface area contributed by atoms with E-state index >= 15 is 0 Å². The molecule has 1 N–H and O–H groups in total. The van der Waals surface area contributed by atoms with Gasteiger partial charge in [0.15, 0.2) is 6.10 Å². The Labute approximate surface area is 166 Å². The number of hydrogen-bond acceptors (Lipinski definition) is 6. The number of anilines is 1. The number of carbonyl (C=O) groups excluding carboxylic acids is 1. The van der Waals surface area contributed by atoms with Crippen molar-refractivity contribution >= 4 is 34.0 Å². The third-order valence-electron chi connectivity index (χ3n) is 3.76. The zero-order chi connectivity index (χ0) is 19.2. The van der Waals surface area contributed by atoms with Crippen molar-refractivity contribution in [3.05, 3.63) is 53.6 Å². The lowest BCUT2D eigenvalue weighted by Crippen LogP contribution is -2.32. The van der Waals surface area contributed by atoms with E-state index in [1.165, 1.54) is 11.3 Å². The molecule has 1 amide bonds. The van der Waals surface area contributed by atoms with Gasteiger partial charge in [0.2, 0.25) is 5.13 Å². The lowest BCUT2D eigenvalue weighted by Gasteiger charge is -2.17. The van der Waals surface area contributed by atoms with Crippen LogP contribution in [0.4, 0.5) is 5.13 Å². The summed E-state index contributed by atoms with van der Waals surface area (Å²) in [6, 6.07) is 14.5. The summed E-state index contributed by atoms with van der Waals surface area (Å²) in [7, 11) is 1.61. The highest BCUT2D eigenvalue weighted by Crippen LogP contribution is 2.29. The molecule has 0 radical (unpaired) electrons. The molecule has 1 heterocycles. The van der Waals surface area contributed by atoms with Crippen LogP contribution in [-0.4, -0.2) is 29.3 Å². The van der Waals surface area contributed by atoms with Crippen molar-refractivity contribution in [1.29, 1.82) is 0 Å². The van der Waals surface area contributed by atoms with E-state index < -0.39 is 6.10 Å². The minimum atomic E-state index is -0.682. The van der Waals surface area contributed by atoms with Crippen LogP contribution < -0.4 is 14.8 Å². The molecule has 0 fully saturated rings. The largest absolute Gasteiger partial charge is 0.497 e. The molecule has 0 aliphatic carbocycles. The molecule has 0 spiro atoms. The van der Waals surface area contributed by atoms with Crippen molar-refractivity contribution in [2.75, 3.05) is 12.4 Å².